The Bertz CT molecular complexity index is 1500. The molecule has 7 N–H and O–H groups in total. The van der Waals surface area contributed by atoms with E-state index in [1.54, 1.807) is 39.8 Å². The molecule has 1 heterocycles. The molecule has 1 fully saturated rings. The zero-order valence-electron chi connectivity index (χ0n) is 28.5. The minimum atomic E-state index is -1.30. The van der Waals surface area contributed by atoms with E-state index in [1.807, 2.05) is 0 Å². The summed E-state index contributed by atoms with van der Waals surface area (Å²) in [6, 6.07) is 9.13. The number of hydrogen-bond donors (Lipinski definition) is 6. The summed E-state index contributed by atoms with van der Waals surface area (Å²) in [5, 5.41) is 34.4. The smallest absolute Gasteiger partial charge is 0.479 e. The Morgan fingerprint density at radius 2 is 1.69 bits per heavy atom. The normalized spacial score (nSPS) is 17.2. The Hall–Kier alpha value is -1.14. The van der Waals surface area contributed by atoms with E-state index in [-0.39, 0.29) is 128 Å². The van der Waals surface area contributed by atoms with E-state index < -0.39 is 51.7 Å². The molecule has 0 aliphatic carbocycles. The third-order valence-electron chi connectivity index (χ3n) is 7.20. The quantitative estimate of drug-likeness (QED) is 0.105. The molecular formula is C32H42N3O13TbTeY. The van der Waals surface area contributed by atoms with Gasteiger partial charge >= 0.3 is 152 Å². The zero-order valence-corrected chi connectivity index (χ0v) is 35.8. The summed E-state index contributed by atoms with van der Waals surface area (Å²) in [6.45, 7) is 6.53. The fourth-order valence-electron chi connectivity index (χ4n) is 4.44. The first-order chi connectivity index (χ1) is 23.0. The number of aliphatic hydroxyl groups excluding tert-OH is 2. The van der Waals surface area contributed by atoms with Crippen LogP contribution in [0.3, 0.4) is 0 Å². The zero-order chi connectivity index (χ0) is 36.4. The predicted molar refractivity (Wildman–Crippen MR) is 172 cm³/mol. The van der Waals surface area contributed by atoms with Crippen LogP contribution < -0.4 is 21.3 Å². The summed E-state index contributed by atoms with van der Waals surface area (Å²) in [6.07, 6.45) is -4.46. The fraction of sp³-hybridized carbons (Fsp3) is 0.500. The van der Waals surface area contributed by atoms with Crippen LogP contribution >= 0.6 is 0 Å². The molecule has 0 saturated carbocycles. The van der Waals surface area contributed by atoms with Crippen molar-refractivity contribution in [3.05, 3.63) is 58.7 Å². The molecular weight excluding hydrogens is 1010 g/mol. The average Bonchev–Trinajstić information content (AvgIpc) is 3.05. The molecule has 2 aromatic rings. The number of nitrogens with two attached hydrogens (primary N) is 1. The summed E-state index contributed by atoms with van der Waals surface area (Å²) in [7, 11) is 0. The Kier molecular flexibility index (Phi) is 20.9. The second kappa shape index (κ2) is 22.3. The fourth-order valence-corrected chi connectivity index (χ4v) is 4.61. The number of carbonyl (C=O) groups is 4. The summed E-state index contributed by atoms with van der Waals surface area (Å²) in [4.78, 5) is 54.0. The van der Waals surface area contributed by atoms with E-state index in [0.29, 0.717) is 22.4 Å². The standard InChI is InChI=1S/C32H42N3O13Te.Tb.Y/c1-31(2,45-17-32(3,4)48-33)16-34-27(38)22-10-19(6-8-24(22)46-26-12-21(37)11-25(47-26)28(39)40)14-43-29(41)35-23-7-5-18(13-36)9-20(23)15-44-30(42)49;;/h5-10,21,25-26,36-37H,11-17,33H2,1-4H3,(H,34,38)(H,35,41)(H,39,40);;. The predicted octanol–water partition coefficient (Wildman–Crippen LogP) is 2.25. The average molecular weight is 1050 g/mol. The van der Waals surface area contributed by atoms with Crippen LogP contribution in [0.2, 0.25) is 0 Å². The molecule has 281 valence electrons. The van der Waals surface area contributed by atoms with Crippen molar-refractivity contribution in [1.29, 1.82) is 0 Å². The van der Waals surface area contributed by atoms with Crippen molar-refractivity contribution >= 4 is 50.0 Å². The van der Waals surface area contributed by atoms with Crippen LogP contribution in [-0.2, 0) is 81.1 Å². The summed E-state index contributed by atoms with van der Waals surface area (Å²) in [5.41, 5.74) is 0.0801. The van der Waals surface area contributed by atoms with Gasteiger partial charge in [-0.15, -0.1) is 0 Å². The number of aliphatic hydroxyl groups is 2. The number of aliphatic carboxylic acids is 1. The molecule has 3 rings (SSSR count). The first kappa shape index (κ1) is 47.9. The van der Waals surface area contributed by atoms with Gasteiger partial charge in [0.05, 0.1) is 18.3 Å². The van der Waals surface area contributed by atoms with E-state index >= 15 is 0 Å². The maximum absolute atomic E-state index is 13.5. The molecule has 0 spiro atoms. The van der Waals surface area contributed by atoms with Crippen molar-refractivity contribution in [2.24, 2.45) is 5.90 Å². The second-order valence-corrected chi connectivity index (χ2v) is 13.4. The van der Waals surface area contributed by atoms with Crippen molar-refractivity contribution in [2.45, 2.75) is 90.1 Å². The van der Waals surface area contributed by atoms with Crippen molar-refractivity contribution in [1.82, 2.24) is 5.32 Å². The van der Waals surface area contributed by atoms with Crippen LogP contribution in [0.15, 0.2) is 36.4 Å². The van der Waals surface area contributed by atoms with E-state index in [9.17, 15) is 34.5 Å². The summed E-state index contributed by atoms with van der Waals surface area (Å²) >= 11 is 1.17. The third kappa shape index (κ3) is 16.4. The van der Waals surface area contributed by atoms with Gasteiger partial charge in [-0.25, -0.2) is 10.7 Å². The number of nitrogens with one attached hydrogen (secondary N) is 2. The van der Waals surface area contributed by atoms with E-state index in [0.717, 1.165) is 0 Å². The summed E-state index contributed by atoms with van der Waals surface area (Å²) in [5.74, 6) is 3.50. The number of amides is 2. The molecule has 2 amide bonds. The van der Waals surface area contributed by atoms with Crippen LogP contribution in [0.1, 0.15) is 67.6 Å². The van der Waals surface area contributed by atoms with E-state index in [4.69, 9.17) is 34.4 Å². The van der Waals surface area contributed by atoms with Crippen LogP contribution in [0.4, 0.5) is 15.3 Å². The van der Waals surface area contributed by atoms with Gasteiger partial charge in [-0.05, 0) is 27.7 Å². The molecule has 3 radical (unpaired) electrons. The van der Waals surface area contributed by atoms with Gasteiger partial charge in [-0.3, -0.25) is 9.63 Å². The number of benzene rings is 2. The number of carboxylic acids is 1. The van der Waals surface area contributed by atoms with Gasteiger partial charge in [0.25, 0.3) is 5.91 Å². The number of hydrogen-bond acceptors (Lipinski definition) is 13. The van der Waals surface area contributed by atoms with Gasteiger partial charge in [-0.1, -0.05) is 0 Å². The van der Waals surface area contributed by atoms with Crippen LogP contribution in [0.25, 0.3) is 0 Å². The molecule has 0 aromatic heterocycles. The van der Waals surface area contributed by atoms with Crippen molar-refractivity contribution in [3.8, 4) is 5.75 Å². The summed E-state index contributed by atoms with van der Waals surface area (Å²) < 4.78 is 27.2. The molecule has 51 heavy (non-hydrogen) atoms. The number of anilines is 1. The van der Waals surface area contributed by atoms with Crippen LogP contribution in [0, 0.1) is 38.6 Å². The third-order valence-corrected chi connectivity index (χ3v) is 7.53. The molecule has 3 atom stereocenters. The molecule has 1 aliphatic heterocycles. The van der Waals surface area contributed by atoms with Gasteiger partial charge in [0.1, 0.15) is 11.4 Å². The topological polar surface area (TPSA) is 234 Å². The Morgan fingerprint density at radius 3 is 2.31 bits per heavy atom. The molecule has 1 saturated heterocycles. The molecule has 19 heteroatoms. The Morgan fingerprint density at radius 1 is 1.00 bits per heavy atom. The minimum absolute atomic E-state index is 0. The monoisotopic (exact) mass is 1050 g/mol. The molecule has 0 bridgehead atoms. The van der Waals surface area contributed by atoms with E-state index in [1.165, 1.54) is 46.6 Å². The van der Waals surface area contributed by atoms with Gasteiger partial charge < -0.3 is 29.7 Å². The maximum atomic E-state index is 13.5. The Labute approximate surface area is 364 Å². The molecule has 1 aliphatic rings. The van der Waals surface area contributed by atoms with E-state index in [2.05, 4.69) is 10.6 Å². The van der Waals surface area contributed by atoms with Gasteiger partial charge in [0, 0.05) is 90.7 Å². The van der Waals surface area contributed by atoms with Crippen molar-refractivity contribution in [3.63, 3.8) is 0 Å². The second-order valence-electron chi connectivity index (χ2n) is 12.5. The molecule has 2 aromatic carbocycles. The minimum Gasteiger partial charge on any atom is -0.479 e. The first-order valence-electron chi connectivity index (χ1n) is 15.2. The molecule has 3 unspecified atom stereocenters. The number of ether oxygens (including phenoxy) is 5. The first-order valence-corrected chi connectivity index (χ1v) is 16.3. The van der Waals surface area contributed by atoms with Gasteiger partial charge in [-0.2, -0.15) is 0 Å². The molecule has 16 nitrogen and oxygen atoms in total. The van der Waals surface area contributed by atoms with Crippen LogP contribution in [0.5, 0.6) is 5.75 Å². The Balaban J connectivity index is 0.00000650. The van der Waals surface area contributed by atoms with Crippen molar-refractivity contribution < 1.29 is 134 Å². The number of carbonyl (C=O) groups excluding carboxylic acids is 3. The van der Waals surface area contributed by atoms with Gasteiger partial charge in [0.2, 0.25) is 6.29 Å². The SMILES string of the molecule is CC(C)(COC(C)(C)CNC(=O)c1cc(COC(=O)Nc2ccc(CO)cc2COC(=O)[Te])ccc1OC1CC(O)CC(C(=O)O)O1)ON.[Tb].[Y]. The van der Waals surface area contributed by atoms with Crippen LogP contribution in [-0.4, -0.2) is 102 Å². The van der Waals surface area contributed by atoms with Crippen molar-refractivity contribution in [2.75, 3.05) is 18.5 Å². The number of carboxylic acid groups (broad SMARTS) is 1. The van der Waals surface area contributed by atoms with Gasteiger partial charge in [0.15, 0.2) is 6.10 Å². The number of rotatable bonds is 16.